The van der Waals surface area contributed by atoms with E-state index in [1.807, 2.05) is 24.3 Å². The fourth-order valence-corrected chi connectivity index (χ4v) is 4.39. The maximum atomic E-state index is 11.1. The van der Waals surface area contributed by atoms with E-state index in [2.05, 4.69) is 16.8 Å². The van der Waals surface area contributed by atoms with Gasteiger partial charge in [-0.2, -0.15) is 0 Å². The summed E-state index contributed by atoms with van der Waals surface area (Å²) in [4.78, 5) is 22.4. The summed E-state index contributed by atoms with van der Waals surface area (Å²) in [5.41, 5.74) is 1.91. The van der Waals surface area contributed by atoms with Gasteiger partial charge in [0.05, 0.1) is 16.7 Å². The molecule has 3 atom stereocenters. The smallest absolute Gasteiger partial charge is 0.269 e. The summed E-state index contributed by atoms with van der Waals surface area (Å²) in [5, 5.41) is 12.6. The van der Waals surface area contributed by atoms with Crippen molar-refractivity contribution in [2.45, 2.75) is 24.3 Å². The molecule has 0 amide bonds. The van der Waals surface area contributed by atoms with E-state index in [0.29, 0.717) is 5.25 Å². The van der Waals surface area contributed by atoms with E-state index in [1.165, 1.54) is 6.07 Å². The van der Waals surface area contributed by atoms with Gasteiger partial charge in [-0.25, -0.2) is 0 Å². The highest BCUT2D eigenvalue weighted by Crippen LogP contribution is 2.47. The molecule has 0 bridgehead atoms. The largest absolute Gasteiger partial charge is 0.341 e. The topological polar surface area (TPSA) is 71.6 Å². The van der Waals surface area contributed by atoms with E-state index in [1.54, 1.807) is 30.1 Å². The molecule has 3 heterocycles. The maximum Gasteiger partial charge on any atom is 0.269 e. The molecule has 7 heteroatoms. The van der Waals surface area contributed by atoms with Gasteiger partial charge < -0.3 is 4.90 Å². The number of aromatic nitrogens is 1. The summed E-state index contributed by atoms with van der Waals surface area (Å²) in [6.07, 6.45) is 1.76. The first-order valence-corrected chi connectivity index (χ1v) is 8.68. The molecule has 0 N–H and O–H groups in total. The van der Waals surface area contributed by atoms with Gasteiger partial charge in [0.25, 0.3) is 5.69 Å². The summed E-state index contributed by atoms with van der Waals surface area (Å²) < 4.78 is 0. The molecule has 1 fully saturated rings. The van der Waals surface area contributed by atoms with Crippen molar-refractivity contribution in [2.75, 3.05) is 6.54 Å². The molecule has 1 aromatic carbocycles. The minimum atomic E-state index is -0.350. The second-order valence-corrected chi connectivity index (χ2v) is 7.39. The number of nitro groups is 1. The third-order valence-corrected chi connectivity index (χ3v) is 5.41. The number of fused-ring (bicyclic) bond motifs is 1. The summed E-state index contributed by atoms with van der Waals surface area (Å²) in [6, 6.07) is 12.5. The monoisotopic (exact) mass is 340 g/mol. The SMILES string of the molecule is C[C@@H]1CN2C(=N[C@H](c3ccccn3)[C@@H]2c2cccc([N+](=O)[O-])c2)S1. The van der Waals surface area contributed by atoms with E-state index in [4.69, 9.17) is 4.99 Å². The molecule has 1 aromatic heterocycles. The standard InChI is InChI=1S/C17H16N4O2S/c1-11-10-20-16(12-5-4-6-13(9-12)21(22)23)15(19-17(20)24-11)14-7-2-3-8-18-14/h2-9,11,15-16H,10H2,1H3/t11-,15-,16+/m1/s1. The zero-order valence-electron chi connectivity index (χ0n) is 13.1. The zero-order valence-corrected chi connectivity index (χ0v) is 13.9. The van der Waals surface area contributed by atoms with Crippen LogP contribution in [0.25, 0.3) is 0 Å². The Hall–Kier alpha value is -2.41. The van der Waals surface area contributed by atoms with Crippen LogP contribution in [0.15, 0.2) is 53.7 Å². The normalized spacial score (nSPS) is 25.5. The van der Waals surface area contributed by atoms with Crippen molar-refractivity contribution < 1.29 is 4.92 Å². The van der Waals surface area contributed by atoms with Crippen molar-refractivity contribution >= 4 is 22.6 Å². The van der Waals surface area contributed by atoms with Gasteiger partial charge in [-0.05, 0) is 17.7 Å². The Kier molecular flexibility index (Phi) is 3.72. The number of nitro benzene ring substituents is 1. The third kappa shape index (κ3) is 2.54. The van der Waals surface area contributed by atoms with Crippen LogP contribution >= 0.6 is 11.8 Å². The van der Waals surface area contributed by atoms with E-state index < -0.39 is 0 Å². The Labute approximate surface area is 143 Å². The number of hydrogen-bond donors (Lipinski definition) is 0. The number of thioether (sulfide) groups is 1. The van der Waals surface area contributed by atoms with E-state index in [9.17, 15) is 10.1 Å². The van der Waals surface area contributed by atoms with E-state index in [0.717, 1.165) is 23.0 Å². The Morgan fingerprint density at radius 1 is 1.29 bits per heavy atom. The van der Waals surface area contributed by atoms with Crippen LogP contribution in [0.4, 0.5) is 5.69 Å². The average Bonchev–Trinajstić information content (AvgIpc) is 3.11. The van der Waals surface area contributed by atoms with Gasteiger partial charge in [-0.15, -0.1) is 0 Å². The van der Waals surface area contributed by atoms with E-state index >= 15 is 0 Å². The molecule has 0 radical (unpaired) electrons. The van der Waals surface area contributed by atoms with Gasteiger partial charge in [0.2, 0.25) is 0 Å². The van der Waals surface area contributed by atoms with Crippen LogP contribution in [-0.4, -0.2) is 31.8 Å². The minimum Gasteiger partial charge on any atom is -0.341 e. The first-order valence-electron chi connectivity index (χ1n) is 7.80. The number of pyridine rings is 1. The quantitative estimate of drug-likeness (QED) is 0.631. The molecule has 0 aliphatic carbocycles. The Balaban J connectivity index is 1.78. The average molecular weight is 340 g/mol. The molecular weight excluding hydrogens is 324 g/mol. The first-order chi connectivity index (χ1) is 11.6. The number of non-ortho nitro benzene ring substituents is 1. The number of benzene rings is 1. The number of amidine groups is 1. The molecule has 0 spiro atoms. The highest BCUT2D eigenvalue weighted by atomic mass is 32.2. The predicted octanol–water partition coefficient (Wildman–Crippen LogP) is 3.58. The number of rotatable bonds is 3. The molecule has 2 aliphatic rings. The summed E-state index contributed by atoms with van der Waals surface area (Å²) in [5.74, 6) is 0. The third-order valence-electron chi connectivity index (χ3n) is 4.30. The van der Waals surface area contributed by atoms with Gasteiger partial charge in [0.15, 0.2) is 5.17 Å². The van der Waals surface area contributed by atoms with Crippen LogP contribution < -0.4 is 0 Å². The second kappa shape index (κ2) is 5.90. The van der Waals surface area contributed by atoms with Crippen molar-refractivity contribution in [1.29, 1.82) is 0 Å². The number of hydrogen-bond acceptors (Lipinski definition) is 6. The number of nitrogens with zero attached hydrogens (tertiary/aromatic N) is 4. The Bertz CT molecular complexity index is 811. The molecule has 1 saturated heterocycles. The van der Waals surface area contributed by atoms with Gasteiger partial charge in [-0.3, -0.25) is 20.1 Å². The summed E-state index contributed by atoms with van der Waals surface area (Å²) in [6.45, 7) is 3.06. The lowest BCUT2D eigenvalue weighted by Crippen LogP contribution is -2.28. The van der Waals surface area contributed by atoms with Crippen LogP contribution in [0, 0.1) is 10.1 Å². The lowest BCUT2D eigenvalue weighted by molar-refractivity contribution is -0.384. The van der Waals surface area contributed by atoms with Crippen molar-refractivity contribution in [2.24, 2.45) is 4.99 Å². The second-order valence-electron chi connectivity index (χ2n) is 5.99. The Morgan fingerprint density at radius 3 is 2.92 bits per heavy atom. The van der Waals surface area contributed by atoms with Crippen LogP contribution in [0.2, 0.25) is 0 Å². The molecule has 0 unspecified atom stereocenters. The molecule has 6 nitrogen and oxygen atoms in total. The molecule has 4 rings (SSSR count). The van der Waals surface area contributed by atoms with Crippen molar-refractivity contribution in [1.82, 2.24) is 9.88 Å². The van der Waals surface area contributed by atoms with Crippen molar-refractivity contribution in [3.8, 4) is 0 Å². The van der Waals surface area contributed by atoms with Crippen LogP contribution in [0.3, 0.4) is 0 Å². The fraction of sp³-hybridized carbons (Fsp3) is 0.294. The summed E-state index contributed by atoms with van der Waals surface area (Å²) in [7, 11) is 0. The maximum absolute atomic E-state index is 11.1. The van der Waals surface area contributed by atoms with E-state index in [-0.39, 0.29) is 22.7 Å². The molecule has 24 heavy (non-hydrogen) atoms. The van der Waals surface area contributed by atoms with Gasteiger partial charge in [-0.1, -0.05) is 36.9 Å². The molecule has 2 aliphatic heterocycles. The molecule has 122 valence electrons. The first kappa shape index (κ1) is 15.1. The lowest BCUT2D eigenvalue weighted by atomic mass is 9.96. The number of aliphatic imine (C=N–C) groups is 1. The predicted molar refractivity (Wildman–Crippen MR) is 94.0 cm³/mol. The van der Waals surface area contributed by atoms with Crippen molar-refractivity contribution in [3.05, 3.63) is 70.0 Å². The highest BCUT2D eigenvalue weighted by molar-refractivity contribution is 8.14. The molecule has 2 aromatic rings. The molecule has 0 saturated carbocycles. The van der Waals surface area contributed by atoms with Gasteiger partial charge in [0.1, 0.15) is 6.04 Å². The minimum absolute atomic E-state index is 0.0488. The van der Waals surface area contributed by atoms with Gasteiger partial charge >= 0.3 is 0 Å². The van der Waals surface area contributed by atoms with Crippen LogP contribution in [0.1, 0.15) is 30.3 Å². The Morgan fingerprint density at radius 2 is 2.17 bits per heavy atom. The van der Waals surface area contributed by atoms with Crippen molar-refractivity contribution in [3.63, 3.8) is 0 Å². The van der Waals surface area contributed by atoms with Gasteiger partial charge in [0, 0.05) is 30.1 Å². The van der Waals surface area contributed by atoms with Crippen LogP contribution in [0.5, 0.6) is 0 Å². The fourth-order valence-electron chi connectivity index (χ4n) is 3.30. The highest BCUT2D eigenvalue weighted by Gasteiger charge is 2.43. The lowest BCUT2D eigenvalue weighted by Gasteiger charge is -2.27. The van der Waals surface area contributed by atoms with Crippen LogP contribution in [-0.2, 0) is 0 Å². The molecular formula is C17H16N4O2S. The zero-order chi connectivity index (χ0) is 16.7. The summed E-state index contributed by atoms with van der Waals surface area (Å²) >= 11 is 1.76.